The maximum atomic E-state index is 12.4. The topological polar surface area (TPSA) is 60.2 Å². The minimum Gasteiger partial charge on any atom is -0.299 e. The van der Waals surface area contributed by atoms with Crippen molar-refractivity contribution in [2.75, 3.05) is 6.54 Å². The Balaban J connectivity index is 1.59. The molecular weight excluding hydrogens is 302 g/mol. The van der Waals surface area contributed by atoms with Crippen LogP contribution in [0, 0.1) is 44.6 Å². The lowest BCUT2D eigenvalue weighted by molar-refractivity contribution is -0.471. The molecule has 4 aliphatic rings. The summed E-state index contributed by atoms with van der Waals surface area (Å²) in [5.74, 6) is 3.09. The highest BCUT2D eigenvalue weighted by Crippen LogP contribution is 2.65. The summed E-state index contributed by atoms with van der Waals surface area (Å²) >= 11 is 0. The highest BCUT2D eigenvalue weighted by molar-refractivity contribution is 5.87. The molecule has 0 amide bonds. The molecule has 24 heavy (non-hydrogen) atoms. The third-order valence-electron chi connectivity index (χ3n) is 8.45. The second-order valence-corrected chi connectivity index (χ2v) is 9.34. The fourth-order valence-electron chi connectivity index (χ4n) is 7.02. The van der Waals surface area contributed by atoms with Crippen molar-refractivity contribution in [3.8, 4) is 0 Å². The number of nitro groups is 1. The number of ketones is 1. The molecule has 0 radical (unpaired) electrons. The number of fused-ring (bicyclic) bond motifs is 5. The van der Waals surface area contributed by atoms with Gasteiger partial charge in [-0.3, -0.25) is 14.9 Å². The van der Waals surface area contributed by atoms with E-state index in [2.05, 4.69) is 19.9 Å². The first-order chi connectivity index (χ1) is 11.3. The normalized spacial score (nSPS) is 47.4. The van der Waals surface area contributed by atoms with E-state index in [4.69, 9.17) is 0 Å². The summed E-state index contributed by atoms with van der Waals surface area (Å²) < 4.78 is 0. The van der Waals surface area contributed by atoms with E-state index in [-0.39, 0.29) is 22.3 Å². The Bertz CT molecular complexity index is 612. The van der Waals surface area contributed by atoms with Gasteiger partial charge in [0.05, 0.1) is 0 Å². The Morgan fingerprint density at radius 2 is 2.00 bits per heavy atom. The molecule has 0 saturated heterocycles. The van der Waals surface area contributed by atoms with Gasteiger partial charge in [0.2, 0.25) is 6.54 Å². The van der Waals surface area contributed by atoms with Crippen LogP contribution in [0.3, 0.4) is 0 Å². The zero-order valence-corrected chi connectivity index (χ0v) is 14.9. The summed E-state index contributed by atoms with van der Waals surface area (Å²) in [6.07, 6.45) is 10.6. The van der Waals surface area contributed by atoms with E-state index in [1.165, 1.54) is 19.3 Å². The first-order valence-corrected chi connectivity index (χ1v) is 9.67. The molecule has 0 aromatic rings. The number of hydrogen-bond acceptors (Lipinski definition) is 3. The van der Waals surface area contributed by atoms with E-state index in [1.54, 1.807) is 0 Å². The molecule has 4 heteroatoms. The number of allylic oxidation sites excluding steroid dienone is 1. The van der Waals surface area contributed by atoms with Gasteiger partial charge in [0, 0.05) is 16.8 Å². The molecule has 0 spiro atoms. The van der Waals surface area contributed by atoms with Crippen molar-refractivity contribution < 1.29 is 9.72 Å². The average molecular weight is 331 g/mol. The molecule has 3 fully saturated rings. The van der Waals surface area contributed by atoms with Crippen LogP contribution >= 0.6 is 0 Å². The molecular formula is C20H29NO3. The number of Topliss-reactive ketones (excluding diaryl/α,β-unsaturated/α-hetero) is 1. The van der Waals surface area contributed by atoms with E-state index >= 15 is 0 Å². The van der Waals surface area contributed by atoms with Gasteiger partial charge in [-0.05, 0) is 79.6 Å². The van der Waals surface area contributed by atoms with E-state index in [1.807, 2.05) is 0 Å². The van der Waals surface area contributed by atoms with Gasteiger partial charge in [-0.2, -0.15) is 0 Å². The maximum Gasteiger partial charge on any atom is 0.224 e. The predicted molar refractivity (Wildman–Crippen MR) is 92.1 cm³/mol. The van der Waals surface area contributed by atoms with Crippen LogP contribution in [0.5, 0.6) is 0 Å². The van der Waals surface area contributed by atoms with Crippen molar-refractivity contribution in [1.82, 2.24) is 0 Å². The molecule has 6 atom stereocenters. The number of nitrogens with zero attached hydrogens (tertiary/aromatic N) is 1. The van der Waals surface area contributed by atoms with Crippen molar-refractivity contribution in [1.29, 1.82) is 0 Å². The quantitative estimate of drug-likeness (QED) is 0.428. The maximum absolute atomic E-state index is 12.4. The smallest absolute Gasteiger partial charge is 0.224 e. The molecule has 4 nitrogen and oxygen atoms in total. The molecule has 4 aliphatic carbocycles. The highest BCUT2D eigenvalue weighted by Gasteiger charge is 2.59. The van der Waals surface area contributed by atoms with Crippen LogP contribution in [0.1, 0.15) is 65.2 Å². The summed E-state index contributed by atoms with van der Waals surface area (Å²) in [6, 6.07) is 0. The minimum absolute atomic E-state index is 0.0237. The van der Waals surface area contributed by atoms with E-state index in [0.717, 1.165) is 37.7 Å². The summed E-state index contributed by atoms with van der Waals surface area (Å²) in [6.45, 7) is 4.69. The molecule has 0 N–H and O–H groups in total. The fraction of sp³-hybridized carbons (Fsp3) is 0.850. The Morgan fingerprint density at radius 3 is 2.75 bits per heavy atom. The Labute approximate surface area is 144 Å². The van der Waals surface area contributed by atoms with Crippen molar-refractivity contribution in [2.24, 2.45) is 34.5 Å². The van der Waals surface area contributed by atoms with E-state index < -0.39 is 0 Å². The van der Waals surface area contributed by atoms with E-state index in [0.29, 0.717) is 29.5 Å². The molecule has 0 aromatic heterocycles. The largest absolute Gasteiger partial charge is 0.299 e. The van der Waals surface area contributed by atoms with Gasteiger partial charge in [-0.1, -0.05) is 19.9 Å². The standard InChI is InChI=1S/C20H29NO3/c1-19-9-7-13(12-21(23)24)11-14(19)3-4-15-16-5-6-18(22)20(16,2)10-8-17(15)19/h7,14-17H,3-6,8-12H2,1-2H3/t14-,15+,16-,17-,19-,20-/m0/s1. The van der Waals surface area contributed by atoms with Crippen LogP contribution in [0.15, 0.2) is 11.6 Å². The molecule has 0 heterocycles. The second-order valence-electron chi connectivity index (χ2n) is 9.34. The van der Waals surface area contributed by atoms with Gasteiger partial charge in [0.25, 0.3) is 0 Å². The van der Waals surface area contributed by atoms with Gasteiger partial charge < -0.3 is 0 Å². The zero-order valence-electron chi connectivity index (χ0n) is 14.9. The van der Waals surface area contributed by atoms with E-state index in [9.17, 15) is 14.9 Å². The van der Waals surface area contributed by atoms with Gasteiger partial charge in [0.15, 0.2) is 0 Å². The van der Waals surface area contributed by atoms with Gasteiger partial charge in [-0.25, -0.2) is 0 Å². The SMILES string of the molecule is C[C@]12CC=C(C[N+](=O)[O-])C[C@@H]1CC[C@H]1[C@@H]2CC[C@]2(C)C(=O)CC[C@@H]12. The monoisotopic (exact) mass is 331 g/mol. The van der Waals surface area contributed by atoms with Crippen LogP contribution in [0.25, 0.3) is 0 Å². The Hall–Kier alpha value is -1.19. The number of carbonyl (C=O) groups excluding carboxylic acids is 1. The summed E-state index contributed by atoms with van der Waals surface area (Å²) in [5, 5.41) is 10.9. The molecule has 4 rings (SSSR count). The van der Waals surface area contributed by atoms with Crippen LogP contribution in [0.2, 0.25) is 0 Å². The summed E-state index contributed by atoms with van der Waals surface area (Å²) in [5.41, 5.74) is 1.28. The van der Waals surface area contributed by atoms with Crippen LogP contribution < -0.4 is 0 Å². The van der Waals surface area contributed by atoms with Crippen LogP contribution in [-0.2, 0) is 4.79 Å². The van der Waals surface area contributed by atoms with Crippen molar-refractivity contribution >= 4 is 5.78 Å². The Kier molecular flexibility index (Phi) is 3.67. The lowest BCUT2D eigenvalue weighted by atomic mass is 9.45. The van der Waals surface area contributed by atoms with Crippen molar-refractivity contribution in [3.63, 3.8) is 0 Å². The number of carbonyl (C=O) groups is 1. The second kappa shape index (κ2) is 5.40. The fourth-order valence-corrected chi connectivity index (χ4v) is 7.02. The average Bonchev–Trinajstić information content (AvgIpc) is 2.83. The third-order valence-corrected chi connectivity index (χ3v) is 8.45. The molecule has 0 unspecified atom stereocenters. The zero-order chi connectivity index (χ0) is 17.1. The predicted octanol–water partition coefficient (Wildman–Crippen LogP) is 4.41. The minimum atomic E-state index is -0.184. The number of hydrogen-bond donors (Lipinski definition) is 0. The lowest BCUT2D eigenvalue weighted by Gasteiger charge is -2.59. The van der Waals surface area contributed by atoms with Crippen LogP contribution in [0.4, 0.5) is 0 Å². The lowest BCUT2D eigenvalue weighted by Crippen LogP contribution is -2.52. The van der Waals surface area contributed by atoms with Crippen molar-refractivity contribution in [3.05, 3.63) is 21.8 Å². The number of rotatable bonds is 2. The molecule has 0 aliphatic heterocycles. The molecule has 132 valence electrons. The Morgan fingerprint density at radius 1 is 1.21 bits per heavy atom. The third kappa shape index (κ3) is 2.21. The van der Waals surface area contributed by atoms with Gasteiger partial charge in [-0.15, -0.1) is 0 Å². The van der Waals surface area contributed by atoms with Crippen LogP contribution in [-0.4, -0.2) is 17.3 Å². The van der Waals surface area contributed by atoms with Gasteiger partial charge in [0.1, 0.15) is 5.78 Å². The van der Waals surface area contributed by atoms with Gasteiger partial charge >= 0.3 is 0 Å². The molecule has 0 bridgehead atoms. The molecule has 0 aromatic carbocycles. The highest BCUT2D eigenvalue weighted by atomic mass is 16.6. The summed E-state index contributed by atoms with van der Waals surface area (Å²) in [4.78, 5) is 23.1. The first-order valence-electron chi connectivity index (χ1n) is 9.67. The molecule has 3 saturated carbocycles. The summed E-state index contributed by atoms with van der Waals surface area (Å²) in [7, 11) is 0. The first kappa shape index (κ1) is 16.3. The van der Waals surface area contributed by atoms with Crippen molar-refractivity contribution in [2.45, 2.75) is 65.2 Å².